The van der Waals surface area contributed by atoms with Crippen LogP contribution in [0.5, 0.6) is 5.75 Å². The third-order valence-corrected chi connectivity index (χ3v) is 3.53. The van der Waals surface area contributed by atoms with Crippen molar-refractivity contribution in [2.24, 2.45) is 0 Å². The molecule has 1 heterocycles. The Morgan fingerprint density at radius 1 is 1.19 bits per heavy atom. The smallest absolute Gasteiger partial charge is 0.303 e. The van der Waals surface area contributed by atoms with Crippen LogP contribution >= 0.6 is 0 Å². The van der Waals surface area contributed by atoms with E-state index in [0.717, 1.165) is 37.2 Å². The number of amides is 1. The van der Waals surface area contributed by atoms with Crippen LogP contribution in [0.4, 0.5) is 5.69 Å². The van der Waals surface area contributed by atoms with E-state index in [-0.39, 0.29) is 12.3 Å². The van der Waals surface area contributed by atoms with Gasteiger partial charge in [0.15, 0.2) is 0 Å². The maximum Gasteiger partial charge on any atom is 0.303 e. The minimum atomic E-state index is -0.747. The molecule has 21 heavy (non-hydrogen) atoms. The molecule has 0 aromatic heterocycles. The molecule has 0 radical (unpaired) electrons. The van der Waals surface area contributed by atoms with E-state index in [2.05, 4.69) is 0 Å². The fourth-order valence-corrected chi connectivity index (χ4v) is 2.39. The number of nitrogens with zero attached hydrogens (tertiary/aromatic N) is 1. The summed E-state index contributed by atoms with van der Waals surface area (Å²) >= 11 is 0. The van der Waals surface area contributed by atoms with Crippen LogP contribution in [0.2, 0.25) is 0 Å². The minimum absolute atomic E-state index is 0.182. The molecule has 1 aromatic carbocycles. The lowest BCUT2D eigenvalue weighted by atomic mass is 10.2. The molecule has 0 spiro atoms. The summed E-state index contributed by atoms with van der Waals surface area (Å²) in [5.41, 5.74) is 0.923. The molecular weight excluding hydrogens is 270 g/mol. The highest BCUT2D eigenvalue weighted by atomic mass is 16.5. The van der Waals surface area contributed by atoms with Crippen molar-refractivity contribution >= 4 is 17.6 Å². The predicted octanol–water partition coefficient (Wildman–Crippen LogP) is 2.84. The molecule has 1 amide bonds. The molecule has 1 fully saturated rings. The first-order valence-electron chi connectivity index (χ1n) is 7.42. The van der Waals surface area contributed by atoms with E-state index < -0.39 is 5.97 Å². The van der Waals surface area contributed by atoms with Gasteiger partial charge in [-0.05, 0) is 49.9 Å². The van der Waals surface area contributed by atoms with Crippen molar-refractivity contribution in [2.45, 2.75) is 38.5 Å². The molecule has 1 aliphatic heterocycles. The fraction of sp³-hybridized carbons (Fsp3) is 0.500. The first-order chi connectivity index (χ1) is 10.2. The number of carbonyl (C=O) groups is 2. The van der Waals surface area contributed by atoms with E-state index in [4.69, 9.17) is 9.84 Å². The highest BCUT2D eigenvalue weighted by Gasteiger charge is 2.21. The van der Waals surface area contributed by atoms with E-state index in [9.17, 15) is 9.59 Å². The van der Waals surface area contributed by atoms with E-state index in [1.165, 1.54) is 0 Å². The maximum atomic E-state index is 11.6. The molecule has 114 valence electrons. The van der Waals surface area contributed by atoms with Gasteiger partial charge in [-0.15, -0.1) is 0 Å². The van der Waals surface area contributed by atoms with E-state index in [1.807, 2.05) is 24.3 Å². The summed E-state index contributed by atoms with van der Waals surface area (Å²) in [7, 11) is 0. The van der Waals surface area contributed by atoms with Crippen molar-refractivity contribution in [3.63, 3.8) is 0 Å². The molecule has 1 aliphatic rings. The van der Waals surface area contributed by atoms with Gasteiger partial charge in [-0.2, -0.15) is 0 Å². The lowest BCUT2D eigenvalue weighted by Gasteiger charge is -2.16. The van der Waals surface area contributed by atoms with Gasteiger partial charge in [0.25, 0.3) is 0 Å². The molecule has 1 N–H and O–H groups in total. The second-order valence-electron chi connectivity index (χ2n) is 5.20. The number of unbranched alkanes of at least 4 members (excludes halogenated alkanes) is 2. The van der Waals surface area contributed by atoms with Crippen LogP contribution in [-0.2, 0) is 9.59 Å². The lowest BCUT2D eigenvalue weighted by Crippen LogP contribution is -2.23. The van der Waals surface area contributed by atoms with Gasteiger partial charge in [0, 0.05) is 25.1 Å². The second-order valence-corrected chi connectivity index (χ2v) is 5.20. The van der Waals surface area contributed by atoms with E-state index in [0.29, 0.717) is 19.4 Å². The Bertz CT molecular complexity index is 484. The summed E-state index contributed by atoms with van der Waals surface area (Å²) in [4.78, 5) is 23.8. The summed E-state index contributed by atoms with van der Waals surface area (Å²) in [6.07, 6.45) is 4.17. The molecule has 0 bridgehead atoms. The third-order valence-electron chi connectivity index (χ3n) is 3.53. The Morgan fingerprint density at radius 2 is 1.95 bits per heavy atom. The fourth-order valence-electron chi connectivity index (χ4n) is 2.39. The van der Waals surface area contributed by atoms with E-state index >= 15 is 0 Å². The normalized spacial score (nSPS) is 14.5. The Labute approximate surface area is 124 Å². The average Bonchev–Trinajstić information content (AvgIpc) is 2.89. The zero-order chi connectivity index (χ0) is 15.1. The van der Waals surface area contributed by atoms with Crippen LogP contribution in [0.1, 0.15) is 38.5 Å². The molecular formula is C16H21NO4. The molecule has 1 aromatic rings. The number of aliphatic carboxylic acids is 1. The minimum Gasteiger partial charge on any atom is -0.494 e. The van der Waals surface area contributed by atoms with Gasteiger partial charge in [0.2, 0.25) is 5.91 Å². The summed E-state index contributed by atoms with van der Waals surface area (Å²) in [5, 5.41) is 8.52. The first-order valence-corrected chi connectivity index (χ1v) is 7.42. The van der Waals surface area contributed by atoms with Crippen molar-refractivity contribution < 1.29 is 19.4 Å². The number of benzene rings is 1. The Hall–Kier alpha value is -2.04. The standard InChI is InChI=1S/C16H21NO4/c18-15-5-4-11-17(15)13-7-9-14(10-8-13)21-12-3-1-2-6-16(19)20/h7-10H,1-6,11-12H2,(H,19,20). The Balaban J connectivity index is 1.70. The van der Waals surface area contributed by atoms with Gasteiger partial charge < -0.3 is 14.7 Å². The van der Waals surface area contributed by atoms with Gasteiger partial charge in [0.1, 0.15) is 5.75 Å². The topological polar surface area (TPSA) is 66.8 Å². The predicted molar refractivity (Wildman–Crippen MR) is 79.6 cm³/mol. The number of hydrogen-bond acceptors (Lipinski definition) is 3. The molecule has 5 heteroatoms. The largest absolute Gasteiger partial charge is 0.494 e. The van der Waals surface area contributed by atoms with E-state index in [1.54, 1.807) is 4.90 Å². The molecule has 0 atom stereocenters. The zero-order valence-corrected chi connectivity index (χ0v) is 12.1. The van der Waals surface area contributed by atoms with Gasteiger partial charge in [-0.25, -0.2) is 0 Å². The Morgan fingerprint density at radius 3 is 2.57 bits per heavy atom. The average molecular weight is 291 g/mol. The summed E-state index contributed by atoms with van der Waals surface area (Å²) < 4.78 is 5.61. The quantitative estimate of drug-likeness (QED) is 0.748. The molecule has 2 rings (SSSR count). The SMILES string of the molecule is O=C(O)CCCCCOc1ccc(N2CCCC2=O)cc1. The van der Waals surface area contributed by atoms with Crippen molar-refractivity contribution in [1.29, 1.82) is 0 Å². The van der Waals surface area contributed by atoms with Crippen LogP contribution < -0.4 is 9.64 Å². The zero-order valence-electron chi connectivity index (χ0n) is 12.1. The number of carboxylic acid groups (broad SMARTS) is 1. The van der Waals surface area contributed by atoms with Crippen molar-refractivity contribution in [1.82, 2.24) is 0 Å². The van der Waals surface area contributed by atoms with Crippen molar-refractivity contribution in [3.05, 3.63) is 24.3 Å². The number of anilines is 1. The molecule has 0 unspecified atom stereocenters. The van der Waals surface area contributed by atoms with Crippen LogP contribution in [0.3, 0.4) is 0 Å². The molecule has 0 saturated carbocycles. The number of hydrogen-bond donors (Lipinski definition) is 1. The maximum absolute atomic E-state index is 11.6. The van der Waals surface area contributed by atoms with Gasteiger partial charge in [-0.3, -0.25) is 9.59 Å². The number of ether oxygens (including phenoxy) is 1. The number of rotatable bonds is 8. The van der Waals surface area contributed by atoms with Crippen LogP contribution in [0.25, 0.3) is 0 Å². The summed E-state index contributed by atoms with van der Waals surface area (Å²) in [6.45, 7) is 1.38. The van der Waals surface area contributed by atoms with Gasteiger partial charge in [-0.1, -0.05) is 0 Å². The van der Waals surface area contributed by atoms with Gasteiger partial charge in [0.05, 0.1) is 6.61 Å². The van der Waals surface area contributed by atoms with Crippen LogP contribution in [-0.4, -0.2) is 30.1 Å². The number of carbonyl (C=O) groups excluding carboxylic acids is 1. The molecule has 0 aliphatic carbocycles. The van der Waals surface area contributed by atoms with Gasteiger partial charge >= 0.3 is 5.97 Å². The highest BCUT2D eigenvalue weighted by Crippen LogP contribution is 2.23. The van der Waals surface area contributed by atoms with Crippen LogP contribution in [0, 0.1) is 0 Å². The number of carboxylic acids is 1. The lowest BCUT2D eigenvalue weighted by molar-refractivity contribution is -0.137. The second kappa shape index (κ2) is 7.67. The van der Waals surface area contributed by atoms with Crippen molar-refractivity contribution in [3.8, 4) is 5.75 Å². The molecule has 5 nitrogen and oxygen atoms in total. The summed E-state index contributed by atoms with van der Waals surface area (Å²) in [5.74, 6) is 0.216. The summed E-state index contributed by atoms with van der Waals surface area (Å²) in [6, 6.07) is 7.56. The monoisotopic (exact) mass is 291 g/mol. The van der Waals surface area contributed by atoms with Crippen molar-refractivity contribution in [2.75, 3.05) is 18.1 Å². The first kappa shape index (κ1) is 15.4. The molecule has 1 saturated heterocycles. The Kier molecular flexibility index (Phi) is 5.60. The van der Waals surface area contributed by atoms with Crippen LogP contribution in [0.15, 0.2) is 24.3 Å². The third kappa shape index (κ3) is 4.77. The highest BCUT2D eigenvalue weighted by molar-refractivity contribution is 5.95.